The number of likely N-dealkylation sites (tertiary alicyclic amines) is 1. The maximum Gasteiger partial charge on any atom is 0.0589 e. The van der Waals surface area contributed by atoms with Gasteiger partial charge in [0.25, 0.3) is 0 Å². The van der Waals surface area contributed by atoms with E-state index < -0.39 is 0 Å². The molecule has 2 heterocycles. The molecule has 0 amide bonds. The molecule has 0 bridgehead atoms. The van der Waals surface area contributed by atoms with Crippen molar-refractivity contribution in [2.75, 3.05) is 44.8 Å². The van der Waals surface area contributed by atoms with Crippen molar-refractivity contribution < 1.29 is 4.74 Å². The Balaban J connectivity index is 1.55. The molecule has 2 aromatic rings. The molecule has 2 aliphatic heterocycles. The second-order valence-electron chi connectivity index (χ2n) is 6.60. The molecule has 2 aromatic carbocycles. The van der Waals surface area contributed by atoms with Crippen LogP contribution in [0.2, 0.25) is 0 Å². The van der Waals surface area contributed by atoms with Crippen LogP contribution in [0.15, 0.2) is 58.3 Å². The molecule has 1 saturated heterocycles. The zero-order chi connectivity index (χ0) is 16.4. The van der Waals surface area contributed by atoms with Gasteiger partial charge in [0.05, 0.1) is 18.0 Å². The zero-order valence-corrected chi connectivity index (χ0v) is 15.0. The predicted octanol–water partition coefficient (Wildman–Crippen LogP) is 4.26. The van der Waals surface area contributed by atoms with E-state index in [-0.39, 0.29) is 0 Å². The van der Waals surface area contributed by atoms with Gasteiger partial charge in [-0.2, -0.15) is 0 Å². The molecule has 0 aromatic heterocycles. The average molecular weight is 340 g/mol. The number of para-hydroxylation sites is 2. The smallest absolute Gasteiger partial charge is 0.0589 e. The highest BCUT2D eigenvalue weighted by Gasteiger charge is 2.28. The van der Waals surface area contributed by atoms with E-state index in [1.54, 1.807) is 7.11 Å². The molecule has 3 nitrogen and oxygen atoms in total. The number of hydrogen-bond acceptors (Lipinski definition) is 4. The van der Waals surface area contributed by atoms with Gasteiger partial charge in [-0.25, -0.2) is 0 Å². The van der Waals surface area contributed by atoms with E-state index in [9.17, 15) is 0 Å². The van der Waals surface area contributed by atoms with Crippen molar-refractivity contribution >= 4 is 23.1 Å². The first kappa shape index (κ1) is 16.0. The molecule has 0 spiro atoms. The average Bonchev–Trinajstić information content (AvgIpc) is 3.07. The summed E-state index contributed by atoms with van der Waals surface area (Å²) in [4.78, 5) is 7.80. The van der Waals surface area contributed by atoms with Crippen molar-refractivity contribution in [3.63, 3.8) is 0 Å². The summed E-state index contributed by atoms with van der Waals surface area (Å²) in [7, 11) is 1.78. The van der Waals surface area contributed by atoms with Crippen LogP contribution in [0, 0.1) is 5.92 Å². The van der Waals surface area contributed by atoms with Gasteiger partial charge in [0, 0.05) is 36.5 Å². The van der Waals surface area contributed by atoms with Crippen molar-refractivity contribution in [2.24, 2.45) is 5.92 Å². The van der Waals surface area contributed by atoms with Gasteiger partial charge < -0.3 is 14.5 Å². The van der Waals surface area contributed by atoms with Crippen LogP contribution in [0.5, 0.6) is 0 Å². The van der Waals surface area contributed by atoms with Crippen LogP contribution in [0.3, 0.4) is 0 Å². The lowest BCUT2D eigenvalue weighted by molar-refractivity contribution is 0.159. The molecule has 0 saturated carbocycles. The third-order valence-corrected chi connectivity index (χ3v) is 6.08. The Kier molecular flexibility index (Phi) is 4.79. The molecule has 4 rings (SSSR count). The number of ether oxygens (including phenoxy) is 1. The molecular weight excluding hydrogens is 316 g/mol. The van der Waals surface area contributed by atoms with E-state index in [1.165, 1.54) is 40.7 Å². The van der Waals surface area contributed by atoms with Crippen molar-refractivity contribution in [2.45, 2.75) is 16.2 Å². The van der Waals surface area contributed by atoms with E-state index in [2.05, 4.69) is 58.3 Å². The molecule has 2 aliphatic rings. The quantitative estimate of drug-likeness (QED) is 0.808. The maximum absolute atomic E-state index is 5.23. The summed E-state index contributed by atoms with van der Waals surface area (Å²) < 4.78 is 5.23. The fourth-order valence-corrected chi connectivity index (χ4v) is 4.82. The Morgan fingerprint density at radius 3 is 2.38 bits per heavy atom. The number of hydrogen-bond donors (Lipinski definition) is 0. The first-order chi connectivity index (χ1) is 11.8. The monoisotopic (exact) mass is 340 g/mol. The van der Waals surface area contributed by atoms with Gasteiger partial charge in [-0.15, -0.1) is 0 Å². The molecule has 1 fully saturated rings. The summed E-state index contributed by atoms with van der Waals surface area (Å²) in [6, 6.07) is 17.6. The minimum atomic E-state index is 0.714. The lowest BCUT2D eigenvalue weighted by Crippen LogP contribution is -2.30. The summed E-state index contributed by atoms with van der Waals surface area (Å²) in [6.45, 7) is 5.35. The van der Waals surface area contributed by atoms with Gasteiger partial charge in [0.1, 0.15) is 0 Å². The fourth-order valence-electron chi connectivity index (χ4n) is 3.72. The van der Waals surface area contributed by atoms with Gasteiger partial charge in [0.15, 0.2) is 0 Å². The second-order valence-corrected chi connectivity index (χ2v) is 7.68. The Morgan fingerprint density at radius 1 is 1.04 bits per heavy atom. The Hall–Kier alpha value is -1.49. The molecular formula is C20H24N2OS. The van der Waals surface area contributed by atoms with Crippen molar-refractivity contribution in [3.05, 3.63) is 48.5 Å². The van der Waals surface area contributed by atoms with E-state index in [1.807, 2.05) is 11.8 Å². The molecule has 126 valence electrons. The zero-order valence-electron chi connectivity index (χ0n) is 14.1. The number of benzene rings is 2. The van der Waals surface area contributed by atoms with Gasteiger partial charge in [-0.3, -0.25) is 0 Å². The first-order valence-corrected chi connectivity index (χ1v) is 9.51. The summed E-state index contributed by atoms with van der Waals surface area (Å²) in [5.41, 5.74) is 2.72. The molecule has 4 heteroatoms. The van der Waals surface area contributed by atoms with Crippen LogP contribution in [0.1, 0.15) is 6.42 Å². The Morgan fingerprint density at radius 2 is 1.71 bits per heavy atom. The summed E-state index contributed by atoms with van der Waals surface area (Å²) in [5, 5.41) is 0. The molecule has 24 heavy (non-hydrogen) atoms. The van der Waals surface area contributed by atoms with Crippen molar-refractivity contribution in [1.29, 1.82) is 0 Å². The third kappa shape index (κ3) is 3.18. The van der Waals surface area contributed by atoms with Gasteiger partial charge >= 0.3 is 0 Å². The minimum Gasteiger partial charge on any atom is -0.383 e. The largest absolute Gasteiger partial charge is 0.383 e. The summed E-state index contributed by atoms with van der Waals surface area (Å²) in [6.07, 6.45) is 1.28. The van der Waals surface area contributed by atoms with Gasteiger partial charge in [-0.1, -0.05) is 36.0 Å². The lowest BCUT2D eigenvalue weighted by Gasteiger charge is -2.34. The summed E-state index contributed by atoms with van der Waals surface area (Å²) >= 11 is 1.89. The van der Waals surface area contributed by atoms with E-state index in [0.29, 0.717) is 5.92 Å². The Bertz CT molecular complexity index is 660. The van der Waals surface area contributed by atoms with Crippen LogP contribution in [-0.2, 0) is 4.74 Å². The van der Waals surface area contributed by atoms with Crippen LogP contribution in [-0.4, -0.2) is 44.8 Å². The highest BCUT2D eigenvalue weighted by Crippen LogP contribution is 2.48. The normalized spacial score (nSPS) is 20.0. The first-order valence-electron chi connectivity index (χ1n) is 8.70. The number of anilines is 2. The van der Waals surface area contributed by atoms with Crippen LogP contribution in [0.25, 0.3) is 0 Å². The van der Waals surface area contributed by atoms with Crippen molar-refractivity contribution in [1.82, 2.24) is 4.90 Å². The highest BCUT2D eigenvalue weighted by atomic mass is 32.2. The van der Waals surface area contributed by atoms with E-state index in [0.717, 1.165) is 19.7 Å². The maximum atomic E-state index is 5.23. The fraction of sp³-hybridized carbons (Fsp3) is 0.400. The Labute approximate surface area is 148 Å². The molecule has 1 atom stereocenters. The second kappa shape index (κ2) is 7.18. The molecule has 0 radical (unpaired) electrons. The molecule has 0 aliphatic carbocycles. The van der Waals surface area contributed by atoms with Gasteiger partial charge in [-0.05, 0) is 43.1 Å². The molecule has 0 N–H and O–H groups in total. The molecule has 1 unspecified atom stereocenters. The number of nitrogens with zero attached hydrogens (tertiary/aromatic N) is 2. The summed E-state index contributed by atoms with van der Waals surface area (Å²) in [5.74, 6) is 0.714. The standard InChI is InChI=1S/C20H24N2OS/c1-23-13-12-21-11-10-16(14-21)15-22-17-6-2-4-8-19(17)24-20-9-5-3-7-18(20)22/h2-9,16H,10-15H2,1H3. The lowest BCUT2D eigenvalue weighted by atomic mass is 10.1. The SMILES string of the molecule is COCCN1CCC(CN2c3ccccc3Sc3ccccc32)C1. The highest BCUT2D eigenvalue weighted by molar-refractivity contribution is 7.99. The van der Waals surface area contributed by atoms with Crippen molar-refractivity contribution in [3.8, 4) is 0 Å². The number of methoxy groups -OCH3 is 1. The van der Waals surface area contributed by atoms with E-state index in [4.69, 9.17) is 4.74 Å². The van der Waals surface area contributed by atoms with E-state index >= 15 is 0 Å². The topological polar surface area (TPSA) is 15.7 Å². The minimum absolute atomic E-state index is 0.714. The number of fused-ring (bicyclic) bond motifs is 2. The number of rotatable bonds is 5. The third-order valence-electron chi connectivity index (χ3n) is 4.95. The van der Waals surface area contributed by atoms with Crippen LogP contribution < -0.4 is 4.90 Å². The van der Waals surface area contributed by atoms with Gasteiger partial charge in [0.2, 0.25) is 0 Å². The van der Waals surface area contributed by atoms with Crippen LogP contribution in [0.4, 0.5) is 11.4 Å². The predicted molar refractivity (Wildman–Crippen MR) is 100 cm³/mol. The van der Waals surface area contributed by atoms with Crippen LogP contribution >= 0.6 is 11.8 Å².